The molecule has 2 fully saturated rings. The van der Waals surface area contributed by atoms with Gasteiger partial charge in [0, 0.05) is 13.1 Å². The third kappa shape index (κ3) is 3.26. The van der Waals surface area contributed by atoms with E-state index in [1.807, 2.05) is 18.2 Å². The van der Waals surface area contributed by atoms with E-state index in [1.54, 1.807) is 0 Å². The van der Waals surface area contributed by atoms with E-state index in [0.717, 1.165) is 51.9 Å². The number of nitrogens with zero attached hydrogens (tertiary/aromatic N) is 1. The fraction of sp³-hybridized carbons (Fsp3) is 0.500. The number of nitrogens with one attached hydrogen (secondary N) is 1. The smallest absolute Gasteiger partial charge is 0.233 e. The molecule has 1 N–H and O–H groups in total. The zero-order valence-electron chi connectivity index (χ0n) is 13.8. The highest BCUT2D eigenvalue weighted by atomic mass is 16.2. The van der Waals surface area contributed by atoms with Crippen molar-refractivity contribution in [1.29, 1.82) is 0 Å². The Balaban J connectivity index is 1.81. The van der Waals surface area contributed by atoms with Gasteiger partial charge in [-0.3, -0.25) is 4.79 Å². The van der Waals surface area contributed by atoms with Crippen molar-refractivity contribution in [3.05, 3.63) is 54.3 Å². The average Bonchev–Trinajstić information content (AvgIpc) is 2.63. The van der Waals surface area contributed by atoms with Crippen LogP contribution in [0.15, 0.2) is 48.7 Å². The van der Waals surface area contributed by atoms with Crippen LogP contribution < -0.4 is 5.32 Å². The van der Waals surface area contributed by atoms with Crippen LogP contribution in [0.4, 0.5) is 0 Å². The van der Waals surface area contributed by atoms with E-state index < -0.39 is 0 Å². The average molecular weight is 310 g/mol. The summed E-state index contributed by atoms with van der Waals surface area (Å²) in [5, 5.41) is 3.40. The van der Waals surface area contributed by atoms with Gasteiger partial charge in [-0.1, -0.05) is 36.9 Å². The Morgan fingerprint density at radius 1 is 1.22 bits per heavy atom. The van der Waals surface area contributed by atoms with Gasteiger partial charge in [-0.25, -0.2) is 0 Å². The summed E-state index contributed by atoms with van der Waals surface area (Å²) in [6.07, 6.45) is 5.89. The van der Waals surface area contributed by atoms with Crippen LogP contribution in [0.1, 0.15) is 31.2 Å². The van der Waals surface area contributed by atoms with Crippen LogP contribution >= 0.6 is 0 Å². The first-order chi connectivity index (χ1) is 11.3. The molecule has 23 heavy (non-hydrogen) atoms. The predicted octanol–water partition coefficient (Wildman–Crippen LogP) is 2.89. The minimum Gasteiger partial charge on any atom is -0.342 e. The predicted molar refractivity (Wildman–Crippen MR) is 93.2 cm³/mol. The van der Waals surface area contributed by atoms with E-state index in [4.69, 9.17) is 0 Å². The SMILES string of the molecule is C=C=CC1CCN(C(=O)C2(c3ccccc3)CCNCC2)CC1. The molecular formula is C20H26N2O. The first-order valence-corrected chi connectivity index (χ1v) is 8.68. The van der Waals surface area contributed by atoms with Crippen molar-refractivity contribution >= 4 is 5.91 Å². The maximum atomic E-state index is 13.4. The molecule has 122 valence electrons. The second kappa shape index (κ2) is 7.16. The molecule has 3 nitrogen and oxygen atoms in total. The van der Waals surface area contributed by atoms with Crippen molar-refractivity contribution in [2.75, 3.05) is 26.2 Å². The highest BCUT2D eigenvalue weighted by molar-refractivity contribution is 5.88. The Labute approximate surface area is 139 Å². The number of carbonyl (C=O) groups is 1. The van der Waals surface area contributed by atoms with Gasteiger partial charge >= 0.3 is 0 Å². The first-order valence-electron chi connectivity index (χ1n) is 8.68. The van der Waals surface area contributed by atoms with Crippen molar-refractivity contribution in [1.82, 2.24) is 10.2 Å². The fourth-order valence-corrected chi connectivity index (χ4v) is 3.98. The van der Waals surface area contributed by atoms with Gasteiger partial charge in [0.15, 0.2) is 0 Å². The van der Waals surface area contributed by atoms with Crippen molar-refractivity contribution in [2.45, 2.75) is 31.1 Å². The first kappa shape index (κ1) is 16.0. The molecule has 0 unspecified atom stereocenters. The molecule has 2 heterocycles. The van der Waals surface area contributed by atoms with Gasteiger partial charge in [0.25, 0.3) is 0 Å². The summed E-state index contributed by atoms with van der Waals surface area (Å²) in [5.41, 5.74) is 3.73. The van der Waals surface area contributed by atoms with Gasteiger partial charge in [-0.2, -0.15) is 0 Å². The number of carbonyl (C=O) groups excluding carboxylic acids is 1. The summed E-state index contributed by atoms with van der Waals surface area (Å²) in [4.78, 5) is 15.5. The third-order valence-corrected chi connectivity index (χ3v) is 5.37. The number of amides is 1. The number of hydrogen-bond acceptors (Lipinski definition) is 2. The van der Waals surface area contributed by atoms with Gasteiger partial charge in [-0.15, -0.1) is 5.73 Å². The minimum absolute atomic E-state index is 0.325. The summed E-state index contributed by atoms with van der Waals surface area (Å²) in [6.45, 7) is 7.19. The van der Waals surface area contributed by atoms with Crippen molar-refractivity contribution in [3.63, 3.8) is 0 Å². The third-order valence-electron chi connectivity index (χ3n) is 5.37. The molecule has 0 radical (unpaired) electrons. The molecule has 3 heteroatoms. The van der Waals surface area contributed by atoms with Gasteiger partial charge in [0.05, 0.1) is 5.41 Å². The largest absolute Gasteiger partial charge is 0.342 e. The van der Waals surface area contributed by atoms with Gasteiger partial charge in [0.1, 0.15) is 0 Å². The van der Waals surface area contributed by atoms with Crippen molar-refractivity contribution in [2.24, 2.45) is 5.92 Å². The Bertz CT molecular complexity index is 575. The van der Waals surface area contributed by atoms with Crippen LogP contribution in [0.25, 0.3) is 0 Å². The molecular weight excluding hydrogens is 284 g/mol. The molecule has 0 aromatic heterocycles. The van der Waals surface area contributed by atoms with E-state index >= 15 is 0 Å². The number of allylic oxidation sites excluding steroid dienone is 1. The molecule has 0 saturated carbocycles. The normalized spacial score (nSPS) is 21.5. The van der Waals surface area contributed by atoms with Crippen LogP contribution in [0.2, 0.25) is 0 Å². The second-order valence-corrected chi connectivity index (χ2v) is 6.70. The maximum absolute atomic E-state index is 13.4. The van der Waals surface area contributed by atoms with E-state index in [2.05, 4.69) is 40.7 Å². The van der Waals surface area contributed by atoms with Crippen LogP contribution in [0.5, 0.6) is 0 Å². The van der Waals surface area contributed by atoms with E-state index in [9.17, 15) is 4.79 Å². The molecule has 0 bridgehead atoms. The summed E-state index contributed by atoms with van der Waals surface area (Å²) in [7, 11) is 0. The minimum atomic E-state index is -0.340. The highest BCUT2D eigenvalue weighted by Gasteiger charge is 2.43. The molecule has 3 rings (SSSR count). The van der Waals surface area contributed by atoms with Gasteiger partial charge < -0.3 is 10.2 Å². The zero-order chi connectivity index (χ0) is 16.1. The topological polar surface area (TPSA) is 32.3 Å². The van der Waals surface area contributed by atoms with Crippen molar-refractivity contribution in [3.8, 4) is 0 Å². The summed E-state index contributed by atoms with van der Waals surface area (Å²) in [5.74, 6) is 0.850. The molecule has 2 aliphatic rings. The molecule has 1 amide bonds. The Morgan fingerprint density at radius 2 is 1.87 bits per heavy atom. The van der Waals surface area contributed by atoms with E-state index in [1.165, 1.54) is 5.56 Å². The fourth-order valence-electron chi connectivity index (χ4n) is 3.98. The lowest BCUT2D eigenvalue weighted by Gasteiger charge is -2.42. The molecule has 0 aliphatic carbocycles. The van der Waals surface area contributed by atoms with Crippen LogP contribution in [-0.4, -0.2) is 37.0 Å². The Kier molecular flexibility index (Phi) is 5.00. The highest BCUT2D eigenvalue weighted by Crippen LogP contribution is 2.36. The standard InChI is InChI=1S/C20H26N2O/c1-2-6-17-9-15-22(16-10-17)19(23)20(11-13-21-14-12-20)18-7-4-3-5-8-18/h3-8,17,21H,1,9-16H2. The molecule has 2 aliphatic heterocycles. The summed E-state index contributed by atoms with van der Waals surface area (Å²) < 4.78 is 0. The lowest BCUT2D eigenvalue weighted by atomic mass is 9.71. The van der Waals surface area contributed by atoms with Gasteiger partial charge in [0.2, 0.25) is 5.91 Å². The number of likely N-dealkylation sites (tertiary alicyclic amines) is 1. The van der Waals surface area contributed by atoms with Crippen LogP contribution in [-0.2, 0) is 10.2 Å². The van der Waals surface area contributed by atoms with Crippen molar-refractivity contribution < 1.29 is 4.79 Å². The molecule has 1 aromatic rings. The molecule has 1 aromatic carbocycles. The molecule has 0 spiro atoms. The zero-order valence-corrected chi connectivity index (χ0v) is 13.8. The maximum Gasteiger partial charge on any atom is 0.233 e. The number of rotatable bonds is 3. The number of hydrogen-bond donors (Lipinski definition) is 1. The van der Waals surface area contributed by atoms with Crippen LogP contribution in [0.3, 0.4) is 0 Å². The summed E-state index contributed by atoms with van der Waals surface area (Å²) in [6, 6.07) is 10.4. The summed E-state index contributed by atoms with van der Waals surface area (Å²) >= 11 is 0. The lowest BCUT2D eigenvalue weighted by molar-refractivity contribution is -0.139. The molecule has 2 saturated heterocycles. The number of piperidine rings is 2. The van der Waals surface area contributed by atoms with Crippen LogP contribution in [0, 0.1) is 5.92 Å². The monoisotopic (exact) mass is 310 g/mol. The second-order valence-electron chi connectivity index (χ2n) is 6.70. The quantitative estimate of drug-likeness (QED) is 0.871. The van der Waals surface area contributed by atoms with Gasteiger partial charge in [-0.05, 0) is 56.3 Å². The van der Waals surface area contributed by atoms with E-state index in [0.29, 0.717) is 11.8 Å². The Morgan fingerprint density at radius 3 is 2.48 bits per heavy atom. The van der Waals surface area contributed by atoms with E-state index in [-0.39, 0.29) is 5.41 Å². The lowest BCUT2D eigenvalue weighted by Crippen LogP contribution is -2.53. The Hall–Kier alpha value is -1.83. The molecule has 0 atom stereocenters. The number of benzene rings is 1.